The van der Waals surface area contributed by atoms with Crippen LogP contribution in [0.4, 0.5) is 0 Å². The summed E-state index contributed by atoms with van der Waals surface area (Å²) in [6, 6.07) is 10.4. The molecular formula is C18H16Cl2N4O2. The van der Waals surface area contributed by atoms with E-state index in [0.29, 0.717) is 33.9 Å². The number of benzene rings is 1. The van der Waals surface area contributed by atoms with Gasteiger partial charge < -0.3 is 9.84 Å². The van der Waals surface area contributed by atoms with Gasteiger partial charge in [0.15, 0.2) is 0 Å². The minimum absolute atomic E-state index is 0.138. The molecule has 2 heterocycles. The number of carbonyl (C=O) groups is 1. The van der Waals surface area contributed by atoms with Crippen LogP contribution in [-0.4, -0.2) is 21.0 Å². The lowest BCUT2D eigenvalue weighted by Gasteiger charge is -2.15. The molecule has 8 heteroatoms. The van der Waals surface area contributed by atoms with Crippen molar-refractivity contribution in [2.75, 3.05) is 0 Å². The van der Waals surface area contributed by atoms with Gasteiger partial charge in [-0.05, 0) is 36.8 Å². The lowest BCUT2D eigenvalue weighted by atomic mass is 10.1. The van der Waals surface area contributed by atoms with Crippen LogP contribution in [0.3, 0.4) is 0 Å². The van der Waals surface area contributed by atoms with Gasteiger partial charge in [-0.15, -0.1) is 0 Å². The molecule has 0 saturated carbocycles. The Hall–Kier alpha value is -2.44. The van der Waals surface area contributed by atoms with Gasteiger partial charge >= 0.3 is 0 Å². The highest BCUT2D eigenvalue weighted by Gasteiger charge is 2.15. The second-order valence-corrected chi connectivity index (χ2v) is 6.53. The summed E-state index contributed by atoms with van der Waals surface area (Å²) in [7, 11) is 0. The number of aromatic nitrogens is 3. The highest BCUT2D eigenvalue weighted by Crippen LogP contribution is 2.26. The maximum Gasteiger partial charge on any atom is 0.227 e. The van der Waals surface area contributed by atoms with Crippen molar-refractivity contribution < 1.29 is 9.32 Å². The molecule has 0 aliphatic heterocycles. The molecule has 3 aromatic rings. The molecule has 0 saturated heterocycles. The highest BCUT2D eigenvalue weighted by atomic mass is 35.5. The van der Waals surface area contributed by atoms with Crippen molar-refractivity contribution in [3.8, 4) is 11.5 Å². The van der Waals surface area contributed by atoms with Gasteiger partial charge in [0, 0.05) is 29.1 Å². The van der Waals surface area contributed by atoms with E-state index in [4.69, 9.17) is 27.7 Å². The Kier molecular flexibility index (Phi) is 5.85. The Bertz CT molecular complexity index is 899. The van der Waals surface area contributed by atoms with Crippen LogP contribution >= 0.6 is 23.2 Å². The molecule has 134 valence electrons. The summed E-state index contributed by atoms with van der Waals surface area (Å²) in [5, 5.41) is 7.85. The zero-order valence-corrected chi connectivity index (χ0v) is 15.5. The van der Waals surface area contributed by atoms with E-state index in [0.717, 1.165) is 5.56 Å². The lowest BCUT2D eigenvalue weighted by Crippen LogP contribution is -2.27. The van der Waals surface area contributed by atoms with E-state index in [-0.39, 0.29) is 18.4 Å². The number of hydrogen-bond donors (Lipinski definition) is 1. The third-order valence-electron chi connectivity index (χ3n) is 3.73. The number of carbonyl (C=O) groups excluding carboxylic acids is 1. The van der Waals surface area contributed by atoms with Gasteiger partial charge in [-0.2, -0.15) is 4.98 Å². The molecule has 0 bridgehead atoms. The molecule has 6 nitrogen and oxygen atoms in total. The van der Waals surface area contributed by atoms with Crippen LogP contribution in [0, 0.1) is 0 Å². The second kappa shape index (κ2) is 8.29. The number of pyridine rings is 1. The van der Waals surface area contributed by atoms with Crippen LogP contribution in [0.15, 0.2) is 47.1 Å². The van der Waals surface area contributed by atoms with E-state index in [2.05, 4.69) is 20.4 Å². The first-order valence-corrected chi connectivity index (χ1v) is 8.77. The van der Waals surface area contributed by atoms with Crippen LogP contribution < -0.4 is 5.32 Å². The molecule has 0 spiro atoms. The molecule has 0 aliphatic rings. The number of hydrogen-bond acceptors (Lipinski definition) is 5. The fourth-order valence-electron chi connectivity index (χ4n) is 2.42. The summed E-state index contributed by atoms with van der Waals surface area (Å²) in [5.41, 5.74) is 1.43. The summed E-state index contributed by atoms with van der Waals surface area (Å²) in [6.45, 7) is 1.86. The minimum atomic E-state index is -0.237. The monoisotopic (exact) mass is 390 g/mol. The number of rotatable bonds is 6. The minimum Gasteiger partial charge on any atom is -0.350 e. The summed E-state index contributed by atoms with van der Waals surface area (Å²) in [6.07, 6.45) is 2.22. The quantitative estimate of drug-likeness (QED) is 0.680. The first kappa shape index (κ1) is 18.4. The third-order valence-corrected chi connectivity index (χ3v) is 4.30. The van der Waals surface area contributed by atoms with Gasteiger partial charge in [0.05, 0.1) is 6.04 Å². The highest BCUT2D eigenvalue weighted by molar-refractivity contribution is 6.35. The molecule has 0 fully saturated rings. The third kappa shape index (κ3) is 4.59. The number of halogens is 2. The van der Waals surface area contributed by atoms with Crippen molar-refractivity contribution in [1.29, 1.82) is 0 Å². The van der Waals surface area contributed by atoms with E-state index in [1.54, 1.807) is 30.5 Å². The van der Waals surface area contributed by atoms with E-state index in [9.17, 15) is 4.79 Å². The van der Waals surface area contributed by atoms with Gasteiger partial charge in [-0.25, -0.2) is 0 Å². The Morgan fingerprint density at radius 2 is 2.12 bits per heavy atom. The number of nitrogens with one attached hydrogen (secondary N) is 1. The van der Waals surface area contributed by atoms with Gasteiger partial charge in [0.25, 0.3) is 0 Å². The lowest BCUT2D eigenvalue weighted by molar-refractivity contribution is -0.121. The second-order valence-electron chi connectivity index (χ2n) is 5.68. The maximum absolute atomic E-state index is 12.2. The first-order valence-electron chi connectivity index (χ1n) is 8.01. The largest absolute Gasteiger partial charge is 0.350 e. The van der Waals surface area contributed by atoms with E-state index in [1.165, 1.54) is 0 Å². The zero-order chi connectivity index (χ0) is 18.5. The smallest absolute Gasteiger partial charge is 0.227 e. The predicted octanol–water partition coefficient (Wildman–Crippen LogP) is 4.25. The average Bonchev–Trinajstić information content (AvgIpc) is 3.09. The van der Waals surface area contributed by atoms with Crippen molar-refractivity contribution in [3.05, 3.63) is 64.1 Å². The SMILES string of the molecule is CC(NC(=O)CCc1nc(-c2ccccn2)no1)c1ccc(Cl)cc1Cl. The van der Waals surface area contributed by atoms with Gasteiger partial charge in [-0.3, -0.25) is 9.78 Å². The molecule has 1 amide bonds. The van der Waals surface area contributed by atoms with Gasteiger partial charge in [0.2, 0.25) is 17.6 Å². The Labute approximate surface area is 160 Å². The average molecular weight is 391 g/mol. The van der Waals surface area contributed by atoms with E-state index >= 15 is 0 Å². The van der Waals surface area contributed by atoms with Crippen molar-refractivity contribution in [2.24, 2.45) is 0 Å². The fourth-order valence-corrected chi connectivity index (χ4v) is 2.99. The first-order chi connectivity index (χ1) is 12.5. The molecule has 0 aliphatic carbocycles. The molecule has 2 aromatic heterocycles. The number of aryl methyl sites for hydroxylation is 1. The maximum atomic E-state index is 12.2. The fraction of sp³-hybridized carbons (Fsp3) is 0.222. The molecular weight excluding hydrogens is 375 g/mol. The van der Waals surface area contributed by atoms with Crippen molar-refractivity contribution >= 4 is 29.1 Å². The molecule has 0 radical (unpaired) electrons. The van der Waals surface area contributed by atoms with Crippen molar-refractivity contribution in [1.82, 2.24) is 20.4 Å². The molecule has 1 unspecified atom stereocenters. The van der Waals surface area contributed by atoms with Crippen LogP contribution in [-0.2, 0) is 11.2 Å². The van der Waals surface area contributed by atoms with E-state index < -0.39 is 0 Å². The van der Waals surface area contributed by atoms with Crippen molar-refractivity contribution in [2.45, 2.75) is 25.8 Å². The van der Waals surface area contributed by atoms with Gasteiger partial charge in [-0.1, -0.05) is 40.5 Å². The van der Waals surface area contributed by atoms with E-state index in [1.807, 2.05) is 19.1 Å². The summed E-state index contributed by atoms with van der Waals surface area (Å²) in [5.74, 6) is 0.654. The molecule has 1 aromatic carbocycles. The standard InChI is InChI=1S/C18H16Cl2N4O2/c1-11(13-6-5-12(19)10-14(13)20)22-16(25)7-8-17-23-18(24-26-17)15-4-2-3-9-21-15/h2-6,9-11H,7-8H2,1H3,(H,22,25). The predicted molar refractivity (Wildman–Crippen MR) is 98.9 cm³/mol. The topological polar surface area (TPSA) is 80.9 Å². The number of nitrogens with zero attached hydrogens (tertiary/aromatic N) is 3. The summed E-state index contributed by atoms with van der Waals surface area (Å²) in [4.78, 5) is 20.6. The Morgan fingerprint density at radius 3 is 2.85 bits per heavy atom. The van der Waals surface area contributed by atoms with Crippen LogP contribution in [0.1, 0.15) is 30.8 Å². The molecule has 3 rings (SSSR count). The normalized spacial score (nSPS) is 12.0. The van der Waals surface area contributed by atoms with Crippen LogP contribution in [0.25, 0.3) is 11.5 Å². The van der Waals surface area contributed by atoms with Crippen LogP contribution in [0.2, 0.25) is 10.0 Å². The zero-order valence-electron chi connectivity index (χ0n) is 13.9. The van der Waals surface area contributed by atoms with Crippen LogP contribution in [0.5, 0.6) is 0 Å². The summed E-state index contributed by atoms with van der Waals surface area (Å²) < 4.78 is 5.17. The molecule has 1 N–H and O–H groups in total. The summed E-state index contributed by atoms with van der Waals surface area (Å²) >= 11 is 12.1. The Balaban J connectivity index is 1.55. The molecule has 26 heavy (non-hydrogen) atoms. The Morgan fingerprint density at radius 1 is 1.27 bits per heavy atom. The number of amides is 1. The molecule has 1 atom stereocenters. The van der Waals surface area contributed by atoms with Gasteiger partial charge in [0.1, 0.15) is 5.69 Å². The van der Waals surface area contributed by atoms with Crippen molar-refractivity contribution in [3.63, 3.8) is 0 Å².